The predicted molar refractivity (Wildman–Crippen MR) is 88.0 cm³/mol. The van der Waals surface area contributed by atoms with E-state index in [2.05, 4.69) is 10.1 Å². The number of aryl methyl sites for hydroxylation is 1. The Kier molecular flexibility index (Phi) is 5.25. The number of aromatic nitrogens is 2. The molecule has 1 aromatic heterocycles. The highest BCUT2D eigenvalue weighted by molar-refractivity contribution is 5.79. The van der Waals surface area contributed by atoms with Crippen molar-refractivity contribution >= 4 is 5.91 Å². The van der Waals surface area contributed by atoms with Crippen molar-refractivity contribution in [2.75, 3.05) is 13.2 Å². The molecule has 0 spiro atoms. The van der Waals surface area contributed by atoms with Crippen molar-refractivity contribution in [2.24, 2.45) is 5.92 Å². The summed E-state index contributed by atoms with van der Waals surface area (Å²) >= 11 is 0. The molecule has 2 aromatic rings. The molecule has 6 heteroatoms. The van der Waals surface area contributed by atoms with Crippen LogP contribution in [-0.2, 0) is 16.1 Å². The van der Waals surface area contributed by atoms with E-state index >= 15 is 0 Å². The second-order valence-electron chi connectivity index (χ2n) is 6.26. The number of ether oxygens (including phenoxy) is 1. The van der Waals surface area contributed by atoms with Crippen molar-refractivity contribution < 1.29 is 14.1 Å². The van der Waals surface area contributed by atoms with Gasteiger partial charge in [-0.05, 0) is 18.4 Å². The van der Waals surface area contributed by atoms with Gasteiger partial charge in [0.25, 0.3) is 0 Å². The van der Waals surface area contributed by atoms with Crippen molar-refractivity contribution in [3.8, 4) is 0 Å². The molecule has 3 rings (SSSR count). The quantitative estimate of drug-likeness (QED) is 0.815. The van der Waals surface area contributed by atoms with Gasteiger partial charge >= 0.3 is 0 Å². The minimum absolute atomic E-state index is 0.0773. The normalized spacial score (nSPS) is 18.8. The summed E-state index contributed by atoms with van der Waals surface area (Å²) in [7, 11) is 0. The Bertz CT molecular complexity index is 671. The van der Waals surface area contributed by atoms with Gasteiger partial charge in [0.15, 0.2) is 5.82 Å². The van der Waals surface area contributed by atoms with E-state index in [-0.39, 0.29) is 17.9 Å². The molecule has 128 valence electrons. The highest BCUT2D eigenvalue weighted by Gasteiger charge is 2.35. The summed E-state index contributed by atoms with van der Waals surface area (Å²) in [5.41, 5.74) is 1.11. The molecule has 0 saturated carbocycles. The van der Waals surface area contributed by atoms with E-state index in [9.17, 15) is 4.79 Å². The van der Waals surface area contributed by atoms with Gasteiger partial charge in [-0.15, -0.1) is 0 Å². The van der Waals surface area contributed by atoms with Crippen molar-refractivity contribution in [3.05, 3.63) is 47.6 Å². The van der Waals surface area contributed by atoms with Gasteiger partial charge in [-0.25, -0.2) is 0 Å². The number of benzene rings is 1. The first-order valence-electron chi connectivity index (χ1n) is 8.37. The Balaban J connectivity index is 1.54. The van der Waals surface area contributed by atoms with Crippen LogP contribution < -0.4 is 0 Å². The fourth-order valence-electron chi connectivity index (χ4n) is 3.03. The molecule has 1 aromatic carbocycles. The molecule has 2 atom stereocenters. The molecular formula is C18H23N3O3. The van der Waals surface area contributed by atoms with Crippen LogP contribution in [0.3, 0.4) is 0 Å². The van der Waals surface area contributed by atoms with Gasteiger partial charge < -0.3 is 14.2 Å². The van der Waals surface area contributed by atoms with Crippen LogP contribution in [-0.4, -0.2) is 34.1 Å². The summed E-state index contributed by atoms with van der Waals surface area (Å²) in [4.78, 5) is 18.9. The fraction of sp³-hybridized carbons (Fsp3) is 0.500. The SMILES string of the molecule is Cc1nc([C@H]2CCCN2C(=O)[C@H](C)COCc2ccccc2)no1. The van der Waals surface area contributed by atoms with Crippen LogP contribution in [0.15, 0.2) is 34.9 Å². The third kappa shape index (κ3) is 3.82. The monoisotopic (exact) mass is 329 g/mol. The zero-order valence-corrected chi connectivity index (χ0v) is 14.1. The zero-order chi connectivity index (χ0) is 16.9. The topological polar surface area (TPSA) is 68.5 Å². The van der Waals surface area contributed by atoms with Gasteiger partial charge in [0.05, 0.1) is 25.2 Å². The molecule has 1 amide bonds. The lowest BCUT2D eigenvalue weighted by molar-refractivity contribution is -0.138. The molecule has 2 heterocycles. The Morgan fingerprint density at radius 3 is 2.92 bits per heavy atom. The van der Waals surface area contributed by atoms with E-state index in [1.807, 2.05) is 42.2 Å². The fourth-order valence-corrected chi connectivity index (χ4v) is 3.03. The maximum absolute atomic E-state index is 12.7. The Hall–Kier alpha value is -2.21. The first kappa shape index (κ1) is 16.6. The summed E-state index contributed by atoms with van der Waals surface area (Å²) in [5, 5.41) is 3.98. The lowest BCUT2D eigenvalue weighted by Gasteiger charge is -2.25. The van der Waals surface area contributed by atoms with Crippen LogP contribution in [0, 0.1) is 12.8 Å². The molecule has 0 bridgehead atoms. The number of carbonyl (C=O) groups is 1. The maximum Gasteiger partial charge on any atom is 0.228 e. The molecule has 0 aliphatic carbocycles. The molecule has 1 aliphatic heterocycles. The van der Waals surface area contributed by atoms with E-state index in [1.165, 1.54) is 0 Å². The van der Waals surface area contributed by atoms with Crippen molar-refractivity contribution in [2.45, 2.75) is 39.3 Å². The molecule has 0 N–H and O–H groups in total. The second kappa shape index (κ2) is 7.57. The van der Waals surface area contributed by atoms with E-state index in [1.54, 1.807) is 6.92 Å². The summed E-state index contributed by atoms with van der Waals surface area (Å²) in [6, 6.07) is 9.89. The van der Waals surface area contributed by atoms with Gasteiger partial charge in [-0.3, -0.25) is 4.79 Å². The number of carbonyl (C=O) groups excluding carboxylic acids is 1. The van der Waals surface area contributed by atoms with Crippen LogP contribution in [0.5, 0.6) is 0 Å². The number of likely N-dealkylation sites (tertiary alicyclic amines) is 1. The van der Waals surface area contributed by atoms with Crippen molar-refractivity contribution in [1.29, 1.82) is 0 Å². The highest BCUT2D eigenvalue weighted by atomic mass is 16.5. The molecule has 0 radical (unpaired) electrons. The molecule has 1 saturated heterocycles. The average molecular weight is 329 g/mol. The first-order chi connectivity index (χ1) is 11.6. The number of rotatable bonds is 6. The van der Waals surface area contributed by atoms with Crippen LogP contribution in [0.2, 0.25) is 0 Å². The molecular weight excluding hydrogens is 306 g/mol. The summed E-state index contributed by atoms with van der Waals surface area (Å²) in [6.45, 7) is 5.33. The summed E-state index contributed by atoms with van der Waals surface area (Å²) in [5.74, 6) is 1.04. The van der Waals surface area contributed by atoms with Gasteiger partial charge in [-0.2, -0.15) is 4.98 Å². The Morgan fingerprint density at radius 2 is 2.21 bits per heavy atom. The van der Waals surface area contributed by atoms with Crippen molar-refractivity contribution in [3.63, 3.8) is 0 Å². The lowest BCUT2D eigenvalue weighted by Crippen LogP contribution is -2.36. The predicted octanol–water partition coefficient (Wildman–Crippen LogP) is 2.89. The minimum Gasteiger partial charge on any atom is -0.376 e. The number of hydrogen-bond donors (Lipinski definition) is 0. The van der Waals surface area contributed by atoms with E-state index in [0.717, 1.165) is 24.9 Å². The van der Waals surface area contributed by atoms with Crippen LogP contribution in [0.4, 0.5) is 0 Å². The zero-order valence-electron chi connectivity index (χ0n) is 14.1. The van der Waals surface area contributed by atoms with Crippen LogP contribution in [0.25, 0.3) is 0 Å². The van der Waals surface area contributed by atoms with Gasteiger partial charge in [-0.1, -0.05) is 42.4 Å². The maximum atomic E-state index is 12.7. The number of amides is 1. The molecule has 1 aliphatic rings. The van der Waals surface area contributed by atoms with Crippen molar-refractivity contribution in [1.82, 2.24) is 15.0 Å². The molecule has 1 fully saturated rings. The summed E-state index contributed by atoms with van der Waals surface area (Å²) < 4.78 is 10.8. The third-order valence-electron chi connectivity index (χ3n) is 4.28. The molecule has 24 heavy (non-hydrogen) atoms. The smallest absolute Gasteiger partial charge is 0.228 e. The average Bonchev–Trinajstić information content (AvgIpc) is 3.23. The second-order valence-corrected chi connectivity index (χ2v) is 6.26. The van der Waals surface area contributed by atoms with E-state index < -0.39 is 0 Å². The Labute approximate surface area is 141 Å². The van der Waals surface area contributed by atoms with Crippen LogP contribution >= 0.6 is 0 Å². The first-order valence-corrected chi connectivity index (χ1v) is 8.37. The Morgan fingerprint density at radius 1 is 1.42 bits per heavy atom. The van der Waals surface area contributed by atoms with E-state index in [4.69, 9.17) is 9.26 Å². The standard InChI is InChI=1S/C18H23N3O3/c1-13(11-23-12-15-7-4-3-5-8-15)18(22)21-10-6-9-16(21)17-19-14(2)24-20-17/h3-5,7-8,13,16H,6,9-12H2,1-2H3/t13-,16-/m1/s1. The van der Waals surface area contributed by atoms with Gasteiger partial charge in [0.1, 0.15) is 0 Å². The minimum atomic E-state index is -0.192. The van der Waals surface area contributed by atoms with E-state index in [0.29, 0.717) is 24.9 Å². The molecule has 0 unspecified atom stereocenters. The molecule has 6 nitrogen and oxygen atoms in total. The largest absolute Gasteiger partial charge is 0.376 e. The lowest BCUT2D eigenvalue weighted by atomic mass is 10.1. The third-order valence-corrected chi connectivity index (χ3v) is 4.28. The van der Waals surface area contributed by atoms with Crippen LogP contribution in [0.1, 0.15) is 43.1 Å². The van der Waals surface area contributed by atoms with Gasteiger partial charge in [0.2, 0.25) is 11.8 Å². The highest BCUT2D eigenvalue weighted by Crippen LogP contribution is 2.31. The number of nitrogens with zero attached hydrogens (tertiary/aromatic N) is 3. The summed E-state index contributed by atoms with van der Waals surface area (Å²) in [6.07, 6.45) is 1.84. The van der Waals surface area contributed by atoms with Gasteiger partial charge in [0, 0.05) is 13.5 Å². The number of hydrogen-bond acceptors (Lipinski definition) is 5.